The van der Waals surface area contributed by atoms with E-state index in [1.165, 1.54) is 12.8 Å². The molecule has 4 nitrogen and oxygen atoms in total. The molecule has 0 heterocycles. The van der Waals surface area contributed by atoms with Crippen molar-refractivity contribution in [1.82, 2.24) is 0 Å². The Bertz CT molecular complexity index is 441. The lowest BCUT2D eigenvalue weighted by atomic mass is 10.1. The Hall–Kier alpha value is -1.58. The molecule has 0 bridgehead atoms. The Morgan fingerprint density at radius 1 is 1.50 bits per heavy atom. The van der Waals surface area contributed by atoms with Crippen molar-refractivity contribution in [2.24, 2.45) is 5.92 Å². The first-order valence-corrected chi connectivity index (χ1v) is 6.61. The molecule has 1 saturated carbocycles. The molecule has 18 heavy (non-hydrogen) atoms. The highest BCUT2D eigenvalue weighted by atomic mass is 16.6. The van der Waals surface area contributed by atoms with Gasteiger partial charge in [-0.05, 0) is 37.3 Å². The quantitative estimate of drug-likeness (QED) is 0.613. The average molecular weight is 248 g/mol. The second kappa shape index (κ2) is 5.38. The molecular weight excluding hydrogens is 228 g/mol. The van der Waals surface area contributed by atoms with Crippen LogP contribution in [0.1, 0.15) is 38.2 Å². The second-order valence-electron chi connectivity index (χ2n) is 5.21. The smallest absolute Gasteiger partial charge is 0.292 e. The number of benzene rings is 1. The van der Waals surface area contributed by atoms with Crippen LogP contribution in [0.2, 0.25) is 0 Å². The minimum absolute atomic E-state index is 0.176. The first-order chi connectivity index (χ1) is 8.60. The van der Waals surface area contributed by atoms with Gasteiger partial charge in [-0.1, -0.05) is 25.8 Å². The molecular formula is C14H20N2O2. The van der Waals surface area contributed by atoms with Gasteiger partial charge in [0.15, 0.2) is 0 Å². The first kappa shape index (κ1) is 12.9. The topological polar surface area (TPSA) is 55.2 Å². The summed E-state index contributed by atoms with van der Waals surface area (Å²) in [6, 6.07) is 5.58. The van der Waals surface area contributed by atoms with Gasteiger partial charge in [-0.15, -0.1) is 0 Å². The predicted octanol–water partition coefficient (Wildman–Crippen LogP) is 3.89. The van der Waals surface area contributed by atoms with Crippen LogP contribution in [-0.4, -0.2) is 11.0 Å². The van der Waals surface area contributed by atoms with Crippen molar-refractivity contribution >= 4 is 11.4 Å². The summed E-state index contributed by atoms with van der Waals surface area (Å²) < 4.78 is 0. The minimum atomic E-state index is -0.314. The van der Waals surface area contributed by atoms with Gasteiger partial charge in [0.2, 0.25) is 0 Å². The fourth-order valence-corrected chi connectivity index (χ4v) is 2.23. The Kier molecular flexibility index (Phi) is 3.84. The number of aryl methyl sites for hydroxylation is 1. The zero-order valence-electron chi connectivity index (χ0n) is 11.0. The van der Waals surface area contributed by atoms with Crippen LogP contribution in [-0.2, 0) is 0 Å². The second-order valence-corrected chi connectivity index (χ2v) is 5.21. The minimum Gasteiger partial charge on any atom is -0.377 e. The number of hydrogen-bond acceptors (Lipinski definition) is 3. The standard InChI is InChI=1S/C14H20N2O2/c1-3-12(9-11-5-6-11)15-13-8-10(2)4-7-14(13)16(17)18/h4,7-8,11-12,15H,3,5-6,9H2,1-2H3. The Balaban J connectivity index is 2.14. The average Bonchev–Trinajstić information content (AvgIpc) is 3.11. The highest BCUT2D eigenvalue weighted by Crippen LogP contribution is 2.35. The van der Waals surface area contributed by atoms with E-state index in [4.69, 9.17) is 0 Å². The van der Waals surface area contributed by atoms with Crippen LogP contribution in [0.5, 0.6) is 0 Å². The molecule has 2 rings (SSSR count). The van der Waals surface area contributed by atoms with Crippen molar-refractivity contribution in [3.8, 4) is 0 Å². The molecule has 1 aromatic rings. The van der Waals surface area contributed by atoms with Crippen molar-refractivity contribution in [2.45, 2.75) is 45.6 Å². The maximum atomic E-state index is 11.0. The van der Waals surface area contributed by atoms with Gasteiger partial charge in [0, 0.05) is 12.1 Å². The molecule has 0 spiro atoms. The summed E-state index contributed by atoms with van der Waals surface area (Å²) >= 11 is 0. The van der Waals surface area contributed by atoms with E-state index < -0.39 is 0 Å². The van der Waals surface area contributed by atoms with E-state index in [1.54, 1.807) is 12.1 Å². The van der Waals surface area contributed by atoms with Crippen LogP contribution in [0.3, 0.4) is 0 Å². The van der Waals surface area contributed by atoms with E-state index in [1.807, 2.05) is 13.0 Å². The molecule has 4 heteroatoms. The Labute approximate surface area is 108 Å². The predicted molar refractivity (Wildman–Crippen MR) is 72.9 cm³/mol. The SMILES string of the molecule is CCC(CC1CC1)Nc1cc(C)ccc1[N+](=O)[O-]. The molecule has 1 aromatic carbocycles. The van der Waals surface area contributed by atoms with E-state index in [2.05, 4.69) is 12.2 Å². The third kappa shape index (κ3) is 3.22. The molecule has 0 saturated heterocycles. The lowest BCUT2D eigenvalue weighted by molar-refractivity contribution is -0.384. The molecule has 1 fully saturated rings. The van der Waals surface area contributed by atoms with Gasteiger partial charge in [0.25, 0.3) is 5.69 Å². The molecule has 0 amide bonds. The molecule has 0 radical (unpaired) electrons. The number of nitro groups is 1. The van der Waals surface area contributed by atoms with Crippen LogP contribution in [0.4, 0.5) is 11.4 Å². The summed E-state index contributed by atoms with van der Waals surface area (Å²) in [5.41, 5.74) is 1.88. The Morgan fingerprint density at radius 2 is 2.22 bits per heavy atom. The third-order valence-electron chi connectivity index (χ3n) is 3.52. The van der Waals surface area contributed by atoms with Crippen LogP contribution in [0.15, 0.2) is 18.2 Å². The van der Waals surface area contributed by atoms with Crippen LogP contribution in [0, 0.1) is 23.0 Å². The fourth-order valence-electron chi connectivity index (χ4n) is 2.23. The van der Waals surface area contributed by atoms with Crippen LogP contribution >= 0.6 is 0 Å². The molecule has 98 valence electrons. The maximum absolute atomic E-state index is 11.0. The molecule has 1 aliphatic rings. The van der Waals surface area contributed by atoms with Crippen molar-refractivity contribution in [3.63, 3.8) is 0 Å². The fraction of sp³-hybridized carbons (Fsp3) is 0.571. The van der Waals surface area contributed by atoms with E-state index in [0.717, 1.165) is 24.3 Å². The van der Waals surface area contributed by atoms with Gasteiger partial charge in [0.05, 0.1) is 4.92 Å². The van der Waals surface area contributed by atoms with Gasteiger partial charge in [-0.3, -0.25) is 10.1 Å². The third-order valence-corrected chi connectivity index (χ3v) is 3.52. The first-order valence-electron chi connectivity index (χ1n) is 6.61. The number of nitro benzene ring substituents is 1. The number of rotatable bonds is 6. The Morgan fingerprint density at radius 3 is 2.78 bits per heavy atom. The van der Waals surface area contributed by atoms with Gasteiger partial charge in [-0.2, -0.15) is 0 Å². The van der Waals surface area contributed by atoms with Crippen molar-refractivity contribution < 1.29 is 4.92 Å². The van der Waals surface area contributed by atoms with E-state index in [9.17, 15) is 10.1 Å². The summed E-state index contributed by atoms with van der Waals surface area (Å²) in [7, 11) is 0. The molecule has 1 unspecified atom stereocenters. The summed E-state index contributed by atoms with van der Waals surface area (Å²) in [5, 5.41) is 14.4. The van der Waals surface area contributed by atoms with Crippen molar-refractivity contribution in [1.29, 1.82) is 0 Å². The zero-order chi connectivity index (χ0) is 13.1. The normalized spacial score (nSPS) is 16.3. The lowest BCUT2D eigenvalue weighted by Crippen LogP contribution is -2.19. The monoisotopic (exact) mass is 248 g/mol. The molecule has 1 atom stereocenters. The largest absolute Gasteiger partial charge is 0.377 e. The number of nitrogens with one attached hydrogen (secondary N) is 1. The number of hydrogen-bond donors (Lipinski definition) is 1. The van der Waals surface area contributed by atoms with Gasteiger partial charge in [0.1, 0.15) is 5.69 Å². The molecule has 1 aliphatic carbocycles. The van der Waals surface area contributed by atoms with Gasteiger partial charge >= 0.3 is 0 Å². The highest BCUT2D eigenvalue weighted by molar-refractivity contribution is 5.63. The van der Waals surface area contributed by atoms with Crippen LogP contribution in [0.25, 0.3) is 0 Å². The van der Waals surface area contributed by atoms with E-state index >= 15 is 0 Å². The summed E-state index contributed by atoms with van der Waals surface area (Å²) in [5.74, 6) is 0.825. The lowest BCUT2D eigenvalue weighted by Gasteiger charge is -2.18. The maximum Gasteiger partial charge on any atom is 0.292 e. The summed E-state index contributed by atoms with van der Waals surface area (Å²) in [6.45, 7) is 4.08. The summed E-state index contributed by atoms with van der Waals surface area (Å²) in [6.07, 6.45) is 4.76. The zero-order valence-corrected chi connectivity index (χ0v) is 11.0. The van der Waals surface area contributed by atoms with Crippen molar-refractivity contribution in [3.05, 3.63) is 33.9 Å². The molecule has 0 aromatic heterocycles. The van der Waals surface area contributed by atoms with E-state index in [0.29, 0.717) is 11.7 Å². The number of nitrogens with zero attached hydrogens (tertiary/aromatic N) is 1. The van der Waals surface area contributed by atoms with Crippen LogP contribution < -0.4 is 5.32 Å². The van der Waals surface area contributed by atoms with E-state index in [-0.39, 0.29) is 10.6 Å². The van der Waals surface area contributed by atoms with Gasteiger partial charge < -0.3 is 5.32 Å². The molecule has 0 aliphatic heterocycles. The van der Waals surface area contributed by atoms with Crippen molar-refractivity contribution in [2.75, 3.05) is 5.32 Å². The molecule has 1 N–H and O–H groups in total. The van der Waals surface area contributed by atoms with Gasteiger partial charge in [-0.25, -0.2) is 0 Å². The summed E-state index contributed by atoms with van der Waals surface area (Å²) in [4.78, 5) is 10.7. The highest BCUT2D eigenvalue weighted by Gasteiger charge is 2.25. The number of anilines is 1.